The summed E-state index contributed by atoms with van der Waals surface area (Å²) in [6.07, 6.45) is 0.626. The van der Waals surface area contributed by atoms with E-state index in [-0.39, 0.29) is 12.5 Å². The minimum atomic E-state index is 0.0853. The van der Waals surface area contributed by atoms with Gasteiger partial charge in [0.2, 0.25) is 0 Å². The fourth-order valence-electron chi connectivity index (χ4n) is 2.64. The Bertz CT molecular complexity index is 477. The van der Waals surface area contributed by atoms with Crippen LogP contribution < -0.4 is 0 Å². The maximum atomic E-state index is 12.8. The maximum Gasteiger partial charge on any atom is 0.254 e. The summed E-state index contributed by atoms with van der Waals surface area (Å²) >= 11 is 0. The molecule has 112 valence electrons. The number of carbonyl (C=O) groups is 1. The third-order valence-electron chi connectivity index (χ3n) is 4.47. The predicted molar refractivity (Wildman–Crippen MR) is 83.4 cm³/mol. The van der Waals surface area contributed by atoms with Crippen LogP contribution in [0.25, 0.3) is 0 Å². The lowest BCUT2D eigenvalue weighted by molar-refractivity contribution is 0.0752. The summed E-state index contributed by atoms with van der Waals surface area (Å²) in [6, 6.07) is 0. The fraction of sp³-hybridized carbons (Fsp3) is 0.588. The molecule has 20 heavy (non-hydrogen) atoms. The van der Waals surface area contributed by atoms with Gasteiger partial charge in [-0.3, -0.25) is 4.79 Å². The molecule has 0 unspecified atom stereocenters. The highest BCUT2D eigenvalue weighted by molar-refractivity contribution is 5.98. The highest BCUT2D eigenvalue weighted by Gasteiger charge is 2.21. The molecule has 0 heterocycles. The number of aliphatic hydroxyl groups is 1. The SMILES string of the molecule is CCN(CCCO)C(=O)c1c(C)c(C)c(C)c(C)c1C. The number of nitrogens with zero attached hydrogens (tertiary/aromatic N) is 1. The Hall–Kier alpha value is -1.35. The first-order valence-electron chi connectivity index (χ1n) is 7.33. The van der Waals surface area contributed by atoms with E-state index in [1.807, 2.05) is 25.7 Å². The normalized spacial score (nSPS) is 10.8. The van der Waals surface area contributed by atoms with Gasteiger partial charge in [0.25, 0.3) is 5.91 Å². The number of carbonyl (C=O) groups excluding carboxylic acids is 1. The van der Waals surface area contributed by atoms with E-state index in [1.54, 1.807) is 0 Å². The molecule has 0 aliphatic carbocycles. The number of rotatable bonds is 5. The summed E-state index contributed by atoms with van der Waals surface area (Å²) < 4.78 is 0. The van der Waals surface area contributed by atoms with E-state index in [0.717, 1.165) is 16.7 Å². The topological polar surface area (TPSA) is 40.5 Å². The van der Waals surface area contributed by atoms with Crippen molar-refractivity contribution in [2.24, 2.45) is 0 Å². The molecule has 0 aliphatic rings. The van der Waals surface area contributed by atoms with Gasteiger partial charge in [0.15, 0.2) is 0 Å². The molecule has 0 aliphatic heterocycles. The van der Waals surface area contributed by atoms with Gasteiger partial charge in [0.1, 0.15) is 0 Å². The molecule has 1 N–H and O–H groups in total. The molecule has 0 saturated heterocycles. The van der Waals surface area contributed by atoms with Gasteiger partial charge in [-0.1, -0.05) is 0 Å². The van der Waals surface area contributed by atoms with Crippen molar-refractivity contribution in [3.8, 4) is 0 Å². The molecule has 1 rings (SSSR count). The molecule has 1 aromatic rings. The monoisotopic (exact) mass is 277 g/mol. The Morgan fingerprint density at radius 3 is 1.80 bits per heavy atom. The lowest BCUT2D eigenvalue weighted by Crippen LogP contribution is -2.33. The van der Waals surface area contributed by atoms with Crippen LogP contribution in [0.5, 0.6) is 0 Å². The lowest BCUT2D eigenvalue weighted by Gasteiger charge is -2.25. The standard InChI is InChI=1S/C17H27NO2/c1-7-18(9-8-10-19)17(20)16-14(5)12(3)11(2)13(4)15(16)6/h19H,7-10H2,1-6H3. The first-order valence-corrected chi connectivity index (χ1v) is 7.33. The zero-order valence-corrected chi connectivity index (χ0v) is 13.6. The molecular weight excluding hydrogens is 250 g/mol. The van der Waals surface area contributed by atoms with Crippen LogP contribution in [-0.4, -0.2) is 35.6 Å². The number of hydrogen-bond donors (Lipinski definition) is 1. The van der Waals surface area contributed by atoms with Gasteiger partial charge in [0.05, 0.1) is 0 Å². The second kappa shape index (κ2) is 6.89. The van der Waals surface area contributed by atoms with E-state index >= 15 is 0 Å². The Morgan fingerprint density at radius 1 is 0.950 bits per heavy atom. The number of benzene rings is 1. The van der Waals surface area contributed by atoms with Crippen molar-refractivity contribution in [1.82, 2.24) is 4.90 Å². The van der Waals surface area contributed by atoms with E-state index in [0.29, 0.717) is 19.5 Å². The Balaban J connectivity index is 3.28. The van der Waals surface area contributed by atoms with Crippen molar-refractivity contribution in [3.63, 3.8) is 0 Å². The largest absolute Gasteiger partial charge is 0.396 e. The summed E-state index contributed by atoms with van der Waals surface area (Å²) in [7, 11) is 0. The molecule has 0 aromatic heterocycles. The average molecular weight is 277 g/mol. The summed E-state index contributed by atoms with van der Waals surface area (Å²) in [5, 5.41) is 8.96. The minimum absolute atomic E-state index is 0.0853. The number of amides is 1. The molecule has 0 saturated carbocycles. The highest BCUT2D eigenvalue weighted by Crippen LogP contribution is 2.27. The van der Waals surface area contributed by atoms with Gasteiger partial charge >= 0.3 is 0 Å². The molecule has 0 fully saturated rings. The van der Waals surface area contributed by atoms with Gasteiger partial charge in [-0.2, -0.15) is 0 Å². The van der Waals surface area contributed by atoms with E-state index in [1.165, 1.54) is 16.7 Å². The first-order chi connectivity index (χ1) is 9.36. The first kappa shape index (κ1) is 16.7. The van der Waals surface area contributed by atoms with E-state index in [2.05, 4.69) is 20.8 Å². The van der Waals surface area contributed by atoms with Crippen molar-refractivity contribution in [2.75, 3.05) is 19.7 Å². The van der Waals surface area contributed by atoms with Gasteiger partial charge in [-0.25, -0.2) is 0 Å². The Kier molecular flexibility index (Phi) is 5.75. The summed E-state index contributed by atoms with van der Waals surface area (Å²) in [5.74, 6) is 0.0853. The van der Waals surface area contributed by atoms with Crippen molar-refractivity contribution in [2.45, 2.75) is 48.0 Å². The van der Waals surface area contributed by atoms with Crippen molar-refractivity contribution in [1.29, 1.82) is 0 Å². The van der Waals surface area contributed by atoms with Gasteiger partial charge in [-0.05, 0) is 75.8 Å². The molecule has 1 amide bonds. The van der Waals surface area contributed by atoms with Crippen LogP contribution in [0, 0.1) is 34.6 Å². The molecule has 0 atom stereocenters. The molecule has 0 spiro atoms. The van der Waals surface area contributed by atoms with Gasteiger partial charge in [-0.15, -0.1) is 0 Å². The predicted octanol–water partition coefficient (Wildman–Crippen LogP) is 3.07. The van der Waals surface area contributed by atoms with E-state index in [9.17, 15) is 4.79 Å². The third kappa shape index (κ3) is 3.04. The van der Waals surface area contributed by atoms with Crippen molar-refractivity contribution >= 4 is 5.91 Å². The van der Waals surface area contributed by atoms with Crippen molar-refractivity contribution < 1.29 is 9.90 Å². The molecule has 1 aromatic carbocycles. The van der Waals surface area contributed by atoms with Crippen LogP contribution in [0.15, 0.2) is 0 Å². The highest BCUT2D eigenvalue weighted by atomic mass is 16.3. The second-order valence-corrected chi connectivity index (χ2v) is 5.46. The van der Waals surface area contributed by atoms with Gasteiger partial charge in [0, 0.05) is 25.3 Å². The van der Waals surface area contributed by atoms with Crippen LogP contribution in [-0.2, 0) is 0 Å². The molecule has 3 heteroatoms. The van der Waals surface area contributed by atoms with E-state index < -0.39 is 0 Å². The zero-order chi connectivity index (χ0) is 15.4. The van der Waals surface area contributed by atoms with Crippen LogP contribution in [0.1, 0.15) is 51.5 Å². The Morgan fingerprint density at radius 2 is 1.40 bits per heavy atom. The number of aliphatic hydroxyl groups excluding tert-OH is 1. The molecule has 3 nitrogen and oxygen atoms in total. The quantitative estimate of drug-likeness (QED) is 0.898. The van der Waals surface area contributed by atoms with Gasteiger partial charge < -0.3 is 10.0 Å². The lowest BCUT2D eigenvalue weighted by atomic mass is 9.89. The smallest absolute Gasteiger partial charge is 0.254 e. The second-order valence-electron chi connectivity index (χ2n) is 5.46. The Labute approximate surface area is 122 Å². The summed E-state index contributed by atoms with van der Waals surface area (Å²) in [6.45, 7) is 13.7. The molecule has 0 bridgehead atoms. The minimum Gasteiger partial charge on any atom is -0.396 e. The molecular formula is C17H27NO2. The van der Waals surface area contributed by atoms with Crippen LogP contribution >= 0.6 is 0 Å². The summed E-state index contributed by atoms with van der Waals surface area (Å²) in [5.41, 5.74) is 6.68. The maximum absolute atomic E-state index is 12.8. The van der Waals surface area contributed by atoms with Crippen LogP contribution in [0.4, 0.5) is 0 Å². The fourth-order valence-corrected chi connectivity index (χ4v) is 2.64. The average Bonchev–Trinajstić information content (AvgIpc) is 2.44. The molecule has 0 radical (unpaired) electrons. The number of hydrogen-bond acceptors (Lipinski definition) is 2. The van der Waals surface area contributed by atoms with E-state index in [4.69, 9.17) is 5.11 Å². The third-order valence-corrected chi connectivity index (χ3v) is 4.47. The van der Waals surface area contributed by atoms with Crippen LogP contribution in [0.3, 0.4) is 0 Å². The zero-order valence-electron chi connectivity index (χ0n) is 13.6. The van der Waals surface area contributed by atoms with Crippen molar-refractivity contribution in [3.05, 3.63) is 33.4 Å². The summed E-state index contributed by atoms with van der Waals surface area (Å²) in [4.78, 5) is 14.6. The van der Waals surface area contributed by atoms with Crippen LogP contribution in [0.2, 0.25) is 0 Å².